The minimum Gasteiger partial charge on any atom is -0.493 e. The van der Waals surface area contributed by atoms with Crippen LogP contribution in [-0.4, -0.2) is 40.7 Å². The van der Waals surface area contributed by atoms with Crippen molar-refractivity contribution in [2.24, 2.45) is 0 Å². The molecule has 0 aliphatic carbocycles. The Kier molecular flexibility index (Phi) is 5.72. The van der Waals surface area contributed by atoms with Gasteiger partial charge in [-0.3, -0.25) is 4.57 Å². The van der Waals surface area contributed by atoms with Gasteiger partial charge in [0.05, 0.1) is 30.4 Å². The first-order valence-corrected chi connectivity index (χ1v) is 10.6. The van der Waals surface area contributed by atoms with Crippen LogP contribution < -0.4 is 9.47 Å². The summed E-state index contributed by atoms with van der Waals surface area (Å²) in [5.41, 5.74) is 3.01. The van der Waals surface area contributed by atoms with Crippen molar-refractivity contribution >= 4 is 23.4 Å². The predicted octanol–water partition coefficient (Wildman–Crippen LogP) is 4.51. The van der Waals surface area contributed by atoms with Gasteiger partial charge in [-0.1, -0.05) is 23.7 Å². The molecule has 6 nitrogen and oxygen atoms in total. The Morgan fingerprint density at radius 3 is 2.69 bits per heavy atom. The van der Waals surface area contributed by atoms with Crippen LogP contribution in [0.25, 0.3) is 5.69 Å². The number of fused-ring (bicyclic) bond motifs is 3. The molecule has 1 aliphatic rings. The number of methoxy groups -OCH3 is 2. The molecule has 2 atom stereocenters. The Balaban J connectivity index is 1.98. The van der Waals surface area contributed by atoms with E-state index in [1.54, 1.807) is 26.0 Å². The van der Waals surface area contributed by atoms with Crippen LogP contribution in [0.15, 0.2) is 36.4 Å². The number of aryl methyl sites for hydroxylation is 1. The van der Waals surface area contributed by atoms with Gasteiger partial charge in [0.25, 0.3) is 0 Å². The van der Waals surface area contributed by atoms with Crippen LogP contribution in [-0.2, 0) is 0 Å². The Bertz CT molecular complexity index is 1040. The fourth-order valence-corrected chi connectivity index (χ4v) is 5.49. The number of aromatic nitrogens is 3. The van der Waals surface area contributed by atoms with Gasteiger partial charge in [-0.2, -0.15) is 0 Å². The topological polar surface area (TPSA) is 69.4 Å². The normalized spacial score (nSPS) is 18.0. The van der Waals surface area contributed by atoms with Gasteiger partial charge in [-0.05, 0) is 43.2 Å². The fraction of sp³-hybridized carbons (Fsp3) is 0.333. The number of thioether (sulfide) groups is 1. The molecule has 1 aromatic heterocycles. The van der Waals surface area contributed by atoms with E-state index in [9.17, 15) is 5.11 Å². The number of hydrogen-bond donors (Lipinski definition) is 1. The van der Waals surface area contributed by atoms with Crippen LogP contribution in [0.3, 0.4) is 0 Å². The van der Waals surface area contributed by atoms with Gasteiger partial charge in [0.1, 0.15) is 5.82 Å². The van der Waals surface area contributed by atoms with Gasteiger partial charge in [-0.25, -0.2) is 0 Å². The van der Waals surface area contributed by atoms with Crippen molar-refractivity contribution in [3.05, 3.63) is 64.2 Å². The third kappa shape index (κ3) is 3.47. The van der Waals surface area contributed by atoms with Gasteiger partial charge >= 0.3 is 0 Å². The second-order valence-corrected chi connectivity index (χ2v) is 8.49. The quantitative estimate of drug-likeness (QED) is 0.641. The molecule has 3 aromatic rings. The third-order valence-electron chi connectivity index (χ3n) is 5.06. The van der Waals surface area contributed by atoms with E-state index in [0.29, 0.717) is 22.9 Å². The molecular weight excluding hydrogens is 410 g/mol. The molecule has 0 spiro atoms. The number of halogens is 1. The van der Waals surface area contributed by atoms with E-state index in [2.05, 4.69) is 14.8 Å². The molecule has 29 heavy (non-hydrogen) atoms. The molecule has 2 aromatic carbocycles. The van der Waals surface area contributed by atoms with Crippen LogP contribution in [0.2, 0.25) is 5.02 Å². The molecule has 8 heteroatoms. The largest absolute Gasteiger partial charge is 0.493 e. The van der Waals surface area contributed by atoms with E-state index < -0.39 is 0 Å². The summed E-state index contributed by atoms with van der Waals surface area (Å²) in [4.78, 5) is 0. The smallest absolute Gasteiger partial charge is 0.165 e. The van der Waals surface area contributed by atoms with E-state index in [0.717, 1.165) is 28.5 Å². The van der Waals surface area contributed by atoms with E-state index in [4.69, 9.17) is 21.1 Å². The van der Waals surface area contributed by atoms with Crippen LogP contribution >= 0.6 is 23.4 Å². The van der Waals surface area contributed by atoms with Crippen LogP contribution in [0, 0.1) is 6.92 Å². The molecule has 0 saturated carbocycles. The zero-order chi connectivity index (χ0) is 20.5. The molecule has 152 valence electrons. The summed E-state index contributed by atoms with van der Waals surface area (Å²) < 4.78 is 13.3. The summed E-state index contributed by atoms with van der Waals surface area (Å²) in [6.07, 6.45) is 0.563. The van der Waals surface area contributed by atoms with Gasteiger partial charge < -0.3 is 14.6 Å². The summed E-state index contributed by atoms with van der Waals surface area (Å²) in [5, 5.41) is 19.0. The van der Waals surface area contributed by atoms with Gasteiger partial charge in [-0.15, -0.1) is 22.0 Å². The lowest BCUT2D eigenvalue weighted by atomic mass is 10.0. The zero-order valence-corrected chi connectivity index (χ0v) is 18.0. The first-order valence-electron chi connectivity index (χ1n) is 9.28. The Morgan fingerprint density at radius 1 is 1.14 bits per heavy atom. The minimum atomic E-state index is -0.0913. The molecule has 4 rings (SSSR count). The minimum absolute atomic E-state index is 0.0479. The summed E-state index contributed by atoms with van der Waals surface area (Å²) in [7, 11) is 3.28. The highest BCUT2D eigenvalue weighted by Gasteiger charge is 2.34. The monoisotopic (exact) mass is 431 g/mol. The molecule has 0 amide bonds. The average molecular weight is 432 g/mol. The summed E-state index contributed by atoms with van der Waals surface area (Å²) in [6.45, 7) is 1.99. The van der Waals surface area contributed by atoms with Gasteiger partial charge in [0.15, 0.2) is 17.3 Å². The molecule has 0 radical (unpaired) electrons. The van der Waals surface area contributed by atoms with Gasteiger partial charge in [0.2, 0.25) is 0 Å². The number of aliphatic hydroxyl groups is 1. The second-order valence-electron chi connectivity index (χ2n) is 6.74. The third-order valence-corrected chi connectivity index (χ3v) is 6.85. The lowest BCUT2D eigenvalue weighted by molar-refractivity contribution is 0.286. The molecule has 2 heterocycles. The molecule has 0 saturated heterocycles. The second kappa shape index (κ2) is 8.26. The number of benzene rings is 2. The van der Waals surface area contributed by atoms with E-state index in [-0.39, 0.29) is 17.1 Å². The maximum atomic E-state index is 9.71. The number of para-hydroxylation sites is 1. The fourth-order valence-electron chi connectivity index (χ4n) is 3.80. The Morgan fingerprint density at radius 2 is 1.97 bits per heavy atom. The highest BCUT2D eigenvalue weighted by atomic mass is 35.5. The van der Waals surface area contributed by atoms with Crippen molar-refractivity contribution in [1.29, 1.82) is 0 Å². The van der Waals surface area contributed by atoms with E-state index in [1.165, 1.54) is 0 Å². The number of aliphatic hydroxyl groups excluding tert-OH is 1. The summed E-state index contributed by atoms with van der Waals surface area (Å²) in [5.74, 6) is 2.99. The van der Waals surface area contributed by atoms with Crippen LogP contribution in [0.4, 0.5) is 0 Å². The number of ether oxygens (including phenoxy) is 2. The lowest BCUT2D eigenvalue weighted by Crippen LogP contribution is -2.06. The lowest BCUT2D eigenvalue weighted by Gasteiger charge is -2.23. The highest BCUT2D eigenvalue weighted by molar-refractivity contribution is 8.00. The Labute approximate surface area is 178 Å². The number of rotatable bonds is 5. The first kappa shape index (κ1) is 20.1. The summed E-state index contributed by atoms with van der Waals surface area (Å²) in [6, 6.07) is 11.7. The SMILES string of the molecule is COc1cccc([C@@H]2S[C@@H](CCO)c3nnc(C)n3-c3ccc(Cl)cc32)c1OC. The van der Waals surface area contributed by atoms with Crippen molar-refractivity contribution in [2.75, 3.05) is 20.8 Å². The van der Waals surface area contributed by atoms with Crippen molar-refractivity contribution < 1.29 is 14.6 Å². The van der Waals surface area contributed by atoms with Crippen LogP contribution in [0.1, 0.15) is 39.7 Å². The number of hydrogen-bond acceptors (Lipinski definition) is 6. The molecule has 1 N–H and O–H groups in total. The predicted molar refractivity (Wildman–Crippen MR) is 115 cm³/mol. The average Bonchev–Trinajstić information content (AvgIpc) is 3.05. The Hall–Kier alpha value is -2.22. The maximum Gasteiger partial charge on any atom is 0.165 e. The molecule has 0 bridgehead atoms. The number of nitrogens with zero attached hydrogens (tertiary/aromatic N) is 3. The maximum absolute atomic E-state index is 9.71. The molecule has 0 unspecified atom stereocenters. The first-order chi connectivity index (χ1) is 14.1. The van der Waals surface area contributed by atoms with Crippen LogP contribution in [0.5, 0.6) is 11.5 Å². The molecule has 1 aliphatic heterocycles. The van der Waals surface area contributed by atoms with Crippen molar-refractivity contribution in [3.8, 4) is 17.2 Å². The standard InChI is InChI=1S/C21H22ClN3O3S/c1-12-23-24-21-18(9-10-26)29-20(14-5-4-6-17(27-2)19(14)28-3)15-11-13(22)7-8-16(15)25(12)21/h4-8,11,18,20,26H,9-10H2,1-3H3/t18-,20-/m0/s1. The summed E-state index contributed by atoms with van der Waals surface area (Å²) >= 11 is 8.12. The molecular formula is C21H22ClN3O3S. The van der Waals surface area contributed by atoms with E-state index >= 15 is 0 Å². The highest BCUT2D eigenvalue weighted by Crippen LogP contribution is 2.53. The van der Waals surface area contributed by atoms with Crippen molar-refractivity contribution in [3.63, 3.8) is 0 Å². The van der Waals surface area contributed by atoms with Crippen molar-refractivity contribution in [1.82, 2.24) is 14.8 Å². The van der Waals surface area contributed by atoms with E-state index in [1.807, 2.05) is 43.3 Å². The van der Waals surface area contributed by atoms with Crippen molar-refractivity contribution in [2.45, 2.75) is 23.8 Å². The molecule has 0 fully saturated rings. The zero-order valence-electron chi connectivity index (χ0n) is 16.4. The van der Waals surface area contributed by atoms with Gasteiger partial charge in [0, 0.05) is 17.2 Å².